The van der Waals surface area contributed by atoms with Crippen molar-refractivity contribution in [3.8, 4) is 5.75 Å². The van der Waals surface area contributed by atoms with E-state index in [-0.39, 0.29) is 29.5 Å². The van der Waals surface area contributed by atoms with Gasteiger partial charge in [-0.05, 0) is 51.8 Å². The van der Waals surface area contributed by atoms with E-state index in [0.29, 0.717) is 36.6 Å². The molecule has 1 amide bonds. The minimum atomic E-state index is -0.223. The van der Waals surface area contributed by atoms with Gasteiger partial charge in [0, 0.05) is 36.8 Å². The SMILES string of the molecule is Cc1ccc2c(c1)C(=O)C[C@H]([C@@H]1CCCN(C(=O)c3nc4nc(C)cc(C)n4n3)C1)O2. The number of hydrogen-bond acceptors (Lipinski definition) is 6. The van der Waals surface area contributed by atoms with Crippen LogP contribution in [0.15, 0.2) is 24.3 Å². The second kappa shape index (κ2) is 7.44. The number of aryl methyl sites for hydroxylation is 3. The zero-order valence-electron chi connectivity index (χ0n) is 18.0. The smallest absolute Gasteiger partial charge is 0.293 e. The number of fused-ring (bicyclic) bond motifs is 2. The first-order valence-corrected chi connectivity index (χ1v) is 10.7. The minimum absolute atomic E-state index is 0.0928. The summed E-state index contributed by atoms with van der Waals surface area (Å²) >= 11 is 0. The van der Waals surface area contributed by atoms with Crippen molar-refractivity contribution in [3.63, 3.8) is 0 Å². The van der Waals surface area contributed by atoms with Crippen molar-refractivity contribution < 1.29 is 14.3 Å². The van der Waals surface area contributed by atoms with E-state index in [9.17, 15) is 9.59 Å². The molecular formula is C23H25N5O3. The van der Waals surface area contributed by atoms with Crippen molar-refractivity contribution in [2.45, 2.75) is 46.1 Å². The molecule has 0 spiro atoms. The lowest BCUT2D eigenvalue weighted by Crippen LogP contribution is -2.46. The number of ketones is 1. The van der Waals surface area contributed by atoms with Crippen LogP contribution in [0.4, 0.5) is 0 Å². The maximum Gasteiger partial charge on any atom is 0.293 e. The van der Waals surface area contributed by atoms with Gasteiger partial charge < -0.3 is 9.64 Å². The van der Waals surface area contributed by atoms with E-state index in [1.54, 1.807) is 9.42 Å². The maximum atomic E-state index is 13.1. The van der Waals surface area contributed by atoms with Gasteiger partial charge >= 0.3 is 0 Å². The van der Waals surface area contributed by atoms with Gasteiger partial charge in [0.15, 0.2) is 5.78 Å². The van der Waals surface area contributed by atoms with E-state index in [1.807, 2.05) is 45.0 Å². The van der Waals surface area contributed by atoms with Crippen LogP contribution in [0.2, 0.25) is 0 Å². The number of piperidine rings is 1. The predicted molar refractivity (Wildman–Crippen MR) is 113 cm³/mol. The molecule has 1 saturated heterocycles. The topological polar surface area (TPSA) is 89.7 Å². The molecule has 2 aliphatic rings. The first-order valence-electron chi connectivity index (χ1n) is 10.7. The lowest BCUT2D eigenvalue weighted by molar-refractivity contribution is 0.0402. The standard InChI is InChI=1S/C23H25N5O3/c1-13-6-7-19-17(9-13)18(29)11-20(31-19)16-5-4-8-27(12-16)22(30)21-25-23-24-14(2)10-15(3)28(23)26-21/h6-7,9-10,16,20H,4-5,8,11-12H2,1-3H3/t16-,20-/m1/s1. The number of Topliss-reactive ketones (excluding diaryl/α,β-unsaturated/α-hetero) is 1. The molecule has 0 bridgehead atoms. The fourth-order valence-electron chi connectivity index (χ4n) is 4.62. The normalized spacial score (nSPS) is 21.1. The monoisotopic (exact) mass is 419 g/mol. The van der Waals surface area contributed by atoms with Crippen LogP contribution < -0.4 is 4.74 Å². The van der Waals surface area contributed by atoms with Crippen LogP contribution in [0.1, 0.15) is 57.2 Å². The summed E-state index contributed by atoms with van der Waals surface area (Å²) < 4.78 is 7.80. The van der Waals surface area contributed by atoms with Crippen LogP contribution in [0.25, 0.3) is 5.78 Å². The molecule has 1 aromatic carbocycles. The molecule has 31 heavy (non-hydrogen) atoms. The number of ether oxygens (including phenoxy) is 1. The van der Waals surface area contributed by atoms with E-state index >= 15 is 0 Å². The Hall–Kier alpha value is -3.29. The van der Waals surface area contributed by atoms with Crippen LogP contribution >= 0.6 is 0 Å². The fraction of sp³-hybridized carbons (Fsp3) is 0.435. The van der Waals surface area contributed by atoms with Crippen LogP contribution in [0.5, 0.6) is 5.75 Å². The van der Waals surface area contributed by atoms with E-state index in [2.05, 4.69) is 15.1 Å². The third-order valence-electron chi connectivity index (χ3n) is 6.18. The van der Waals surface area contributed by atoms with Gasteiger partial charge in [-0.2, -0.15) is 4.98 Å². The molecular weight excluding hydrogens is 394 g/mol. The third kappa shape index (κ3) is 3.56. The van der Waals surface area contributed by atoms with Crippen molar-refractivity contribution >= 4 is 17.5 Å². The third-order valence-corrected chi connectivity index (χ3v) is 6.18. The van der Waals surface area contributed by atoms with E-state index in [4.69, 9.17) is 4.74 Å². The Bertz CT molecular complexity index is 1200. The lowest BCUT2D eigenvalue weighted by Gasteiger charge is -2.38. The summed E-state index contributed by atoms with van der Waals surface area (Å²) in [6, 6.07) is 7.62. The van der Waals surface area contributed by atoms with Crippen LogP contribution in [0, 0.1) is 26.7 Å². The highest BCUT2D eigenvalue weighted by atomic mass is 16.5. The highest BCUT2D eigenvalue weighted by Crippen LogP contribution is 2.34. The summed E-state index contributed by atoms with van der Waals surface area (Å²) in [6.07, 6.45) is 1.90. The molecule has 5 rings (SSSR count). The zero-order chi connectivity index (χ0) is 21.7. The van der Waals surface area contributed by atoms with Crippen molar-refractivity contribution in [3.05, 3.63) is 52.6 Å². The number of carbonyl (C=O) groups excluding carboxylic acids is 2. The predicted octanol–water partition coefficient (Wildman–Crippen LogP) is 2.94. The molecule has 0 unspecified atom stereocenters. The van der Waals surface area contributed by atoms with Gasteiger partial charge in [-0.1, -0.05) is 11.6 Å². The van der Waals surface area contributed by atoms with Gasteiger partial charge in [-0.15, -0.1) is 5.10 Å². The first kappa shape index (κ1) is 19.7. The van der Waals surface area contributed by atoms with Gasteiger partial charge in [0.25, 0.3) is 11.7 Å². The Morgan fingerprint density at radius 1 is 1.16 bits per heavy atom. The average molecular weight is 419 g/mol. The Morgan fingerprint density at radius 2 is 2.00 bits per heavy atom. The maximum absolute atomic E-state index is 13.1. The summed E-state index contributed by atoms with van der Waals surface area (Å²) in [4.78, 5) is 36.4. The molecule has 2 atom stereocenters. The first-order chi connectivity index (χ1) is 14.9. The Balaban J connectivity index is 1.35. The number of benzene rings is 1. The van der Waals surface area contributed by atoms with Gasteiger partial charge in [-0.3, -0.25) is 9.59 Å². The highest BCUT2D eigenvalue weighted by molar-refractivity contribution is 6.00. The summed E-state index contributed by atoms with van der Waals surface area (Å²) in [5.41, 5.74) is 3.42. The van der Waals surface area contributed by atoms with Crippen molar-refractivity contribution in [2.24, 2.45) is 5.92 Å². The number of aromatic nitrogens is 4. The van der Waals surface area contributed by atoms with E-state index < -0.39 is 0 Å². The van der Waals surface area contributed by atoms with Gasteiger partial charge in [-0.25, -0.2) is 9.50 Å². The largest absolute Gasteiger partial charge is 0.489 e. The quantitative estimate of drug-likeness (QED) is 0.634. The highest BCUT2D eigenvalue weighted by Gasteiger charge is 2.36. The summed E-state index contributed by atoms with van der Waals surface area (Å²) in [5, 5.41) is 4.38. The van der Waals surface area contributed by atoms with Gasteiger partial charge in [0.2, 0.25) is 5.82 Å². The fourth-order valence-corrected chi connectivity index (χ4v) is 4.62. The molecule has 8 heteroatoms. The number of carbonyl (C=O) groups is 2. The molecule has 1 fully saturated rings. The second-order valence-corrected chi connectivity index (χ2v) is 8.62. The number of rotatable bonds is 2. The second-order valence-electron chi connectivity index (χ2n) is 8.62. The summed E-state index contributed by atoms with van der Waals surface area (Å²) in [6.45, 7) is 6.95. The minimum Gasteiger partial charge on any atom is -0.489 e. The summed E-state index contributed by atoms with van der Waals surface area (Å²) in [5.74, 6) is 1.23. The van der Waals surface area contributed by atoms with Gasteiger partial charge in [0.05, 0.1) is 5.56 Å². The Labute approximate surface area is 180 Å². The number of likely N-dealkylation sites (tertiary alicyclic amines) is 1. The molecule has 0 aliphatic carbocycles. The van der Waals surface area contributed by atoms with Gasteiger partial charge in [0.1, 0.15) is 11.9 Å². The molecule has 0 N–H and O–H groups in total. The Morgan fingerprint density at radius 3 is 2.84 bits per heavy atom. The molecule has 160 valence electrons. The molecule has 0 saturated carbocycles. The summed E-state index contributed by atoms with van der Waals surface area (Å²) in [7, 11) is 0. The molecule has 3 aromatic rings. The van der Waals surface area contributed by atoms with Crippen molar-refractivity contribution in [1.29, 1.82) is 0 Å². The van der Waals surface area contributed by atoms with Crippen molar-refractivity contribution in [2.75, 3.05) is 13.1 Å². The van der Waals surface area contributed by atoms with Crippen LogP contribution in [-0.2, 0) is 0 Å². The average Bonchev–Trinajstić information content (AvgIpc) is 3.18. The van der Waals surface area contributed by atoms with E-state index in [1.165, 1.54) is 0 Å². The lowest BCUT2D eigenvalue weighted by atomic mass is 9.86. The molecule has 4 heterocycles. The van der Waals surface area contributed by atoms with Crippen LogP contribution in [-0.4, -0.2) is 55.4 Å². The van der Waals surface area contributed by atoms with Crippen molar-refractivity contribution in [1.82, 2.24) is 24.5 Å². The molecule has 0 radical (unpaired) electrons. The van der Waals surface area contributed by atoms with E-state index in [0.717, 1.165) is 29.8 Å². The molecule has 2 aliphatic heterocycles. The molecule has 2 aromatic heterocycles. The zero-order valence-corrected chi connectivity index (χ0v) is 18.0. The number of nitrogens with zero attached hydrogens (tertiary/aromatic N) is 5. The Kier molecular flexibility index (Phi) is 4.72. The number of amides is 1. The molecule has 8 nitrogen and oxygen atoms in total. The van der Waals surface area contributed by atoms with Crippen LogP contribution in [0.3, 0.4) is 0 Å². The number of hydrogen-bond donors (Lipinski definition) is 0.